The summed E-state index contributed by atoms with van der Waals surface area (Å²) in [4.78, 5) is 4.62. The van der Waals surface area contributed by atoms with Gasteiger partial charge in [0.05, 0.1) is 0 Å². The molecule has 0 aromatic heterocycles. The van der Waals surface area contributed by atoms with Crippen LogP contribution in [0.3, 0.4) is 0 Å². The zero-order valence-corrected chi connectivity index (χ0v) is 32.7. The van der Waals surface area contributed by atoms with Gasteiger partial charge in [0.2, 0.25) is 0 Å². The number of hydrogen-bond acceptors (Lipinski definition) is 2. The Morgan fingerprint density at radius 3 is 0.635 bits per heavy atom. The Hall–Kier alpha value is -4.68. The molecule has 0 amide bonds. The van der Waals surface area contributed by atoms with Crippen molar-refractivity contribution in [3.05, 3.63) is 168 Å². The Balaban J connectivity index is 0.000000655. The Kier molecular flexibility index (Phi) is 14.6. The van der Waals surface area contributed by atoms with Crippen molar-refractivity contribution in [2.24, 2.45) is 0 Å². The van der Waals surface area contributed by atoms with E-state index in [4.69, 9.17) is 0 Å². The molecule has 0 radical (unpaired) electrons. The molecule has 0 heterocycles. The number of anilines is 6. The van der Waals surface area contributed by atoms with Crippen LogP contribution in [0, 0.1) is 27.7 Å². The fraction of sp³-hybridized carbons (Fsp3) is 0.163. The van der Waals surface area contributed by atoms with Crippen molar-refractivity contribution in [3.8, 4) is 11.1 Å². The summed E-state index contributed by atoms with van der Waals surface area (Å²) in [5.74, 6) is 0. The van der Waals surface area contributed by atoms with Gasteiger partial charge in [-0.1, -0.05) is 115 Å². The minimum absolute atomic E-state index is 0. The minimum atomic E-state index is -9.19. The Morgan fingerprint density at radius 2 is 0.481 bits per heavy atom. The molecule has 2 nitrogen and oxygen atoms in total. The third-order valence-electron chi connectivity index (χ3n) is 7.75. The first-order valence-electron chi connectivity index (χ1n) is 16.8. The van der Waals surface area contributed by atoms with Crippen LogP contribution in [0.4, 0.5) is 48.2 Å². The normalized spacial score (nSPS) is 11.3. The summed E-state index contributed by atoms with van der Waals surface area (Å²) in [5, 5.41) is 0. The van der Waals surface area contributed by atoms with E-state index in [1.54, 1.807) is 0 Å². The van der Waals surface area contributed by atoms with E-state index in [0.717, 1.165) is 34.1 Å². The third-order valence-corrected chi connectivity index (χ3v) is 7.75. The first-order valence-corrected chi connectivity index (χ1v) is 21.6. The SMILES string of the molecule is CCC.Cc1ccc(N(c2ccc(C)cc2)c2ccc(-c3ccc(N(c4ccc(C)cc4)c4ccc(C)cc4)cc3)cc2)cc1.[F-].[F][Sb]([F])([F])([F])[F]. The zero-order chi connectivity index (χ0) is 37.2. The van der Waals surface area contributed by atoms with Gasteiger partial charge in [0, 0.05) is 34.1 Å². The van der Waals surface area contributed by atoms with Crippen LogP contribution in [-0.2, 0) is 0 Å². The van der Waals surface area contributed by atoms with Crippen molar-refractivity contribution in [3.63, 3.8) is 0 Å². The van der Waals surface area contributed by atoms with Crippen LogP contribution < -0.4 is 14.5 Å². The van der Waals surface area contributed by atoms with Crippen LogP contribution in [-0.4, -0.2) is 20.3 Å². The topological polar surface area (TPSA) is 6.48 Å². The molecule has 0 bridgehead atoms. The van der Waals surface area contributed by atoms with E-state index in [1.165, 1.54) is 39.8 Å². The molecule has 0 spiro atoms. The van der Waals surface area contributed by atoms with Gasteiger partial charge in [0.25, 0.3) is 0 Å². The fourth-order valence-electron chi connectivity index (χ4n) is 5.28. The van der Waals surface area contributed by atoms with Crippen molar-refractivity contribution in [2.75, 3.05) is 9.80 Å². The summed E-state index contributed by atoms with van der Waals surface area (Å²) in [7, 11) is 0. The molecule has 274 valence electrons. The molecule has 0 N–H and O–H groups in total. The second-order valence-electron chi connectivity index (χ2n) is 12.5. The van der Waals surface area contributed by atoms with Crippen molar-refractivity contribution in [2.45, 2.75) is 48.0 Å². The van der Waals surface area contributed by atoms with Crippen LogP contribution in [0.15, 0.2) is 146 Å². The van der Waals surface area contributed by atoms with Gasteiger partial charge in [-0.25, -0.2) is 0 Å². The summed E-state index contributed by atoms with van der Waals surface area (Å²) in [5.41, 5.74) is 14.3. The molecule has 0 aliphatic heterocycles. The van der Waals surface area contributed by atoms with Gasteiger partial charge in [-0.05, 0) is 112 Å². The Labute approximate surface area is 308 Å². The summed E-state index contributed by atoms with van der Waals surface area (Å²) in [6.45, 7) is 12.8. The first-order chi connectivity index (χ1) is 24.1. The molecule has 0 aliphatic carbocycles. The Bertz CT molecular complexity index is 1710. The third kappa shape index (κ3) is 12.8. The van der Waals surface area contributed by atoms with Crippen molar-refractivity contribution in [1.82, 2.24) is 0 Å². The second kappa shape index (κ2) is 18.2. The molecule has 0 unspecified atom stereocenters. The standard InChI is InChI=1S/C40H36N2.C3H8.6FH.Sb/c1-29-5-17-35(18-6-29)41(36-19-7-30(2)8-20-36)39-25-13-33(14-26-39)34-15-27-40(28-16-34)42(37-21-9-31(3)10-22-37)38-23-11-32(4)12-24-38;1-3-2;;;;;;;/h5-28H,1-4H3;3H2,1-2H3;6*1H;/q;;;;;;;;+5/p-6. The van der Waals surface area contributed by atoms with Crippen LogP contribution >= 0.6 is 0 Å². The number of hydrogen-bond donors (Lipinski definition) is 0. The van der Waals surface area contributed by atoms with Crippen LogP contribution in [0.2, 0.25) is 0 Å². The summed E-state index contributed by atoms with van der Waals surface area (Å²) >= 11 is -9.19. The van der Waals surface area contributed by atoms with Gasteiger partial charge in [0.15, 0.2) is 0 Å². The van der Waals surface area contributed by atoms with Gasteiger partial charge < -0.3 is 14.5 Å². The number of nitrogens with zero attached hydrogens (tertiary/aromatic N) is 2. The number of halogens is 6. The monoisotopic (exact) mass is 823 g/mol. The molecule has 6 aromatic carbocycles. The van der Waals surface area contributed by atoms with Gasteiger partial charge >= 0.3 is 34.4 Å². The predicted molar refractivity (Wildman–Crippen MR) is 207 cm³/mol. The predicted octanol–water partition coefficient (Wildman–Crippen LogP) is 11.7. The molecule has 6 aromatic rings. The molecule has 0 fully saturated rings. The van der Waals surface area contributed by atoms with Crippen molar-refractivity contribution >= 4 is 54.4 Å². The van der Waals surface area contributed by atoms with E-state index < -0.39 is 20.3 Å². The molecule has 0 saturated heterocycles. The quantitative estimate of drug-likeness (QED) is 0.117. The fourth-order valence-corrected chi connectivity index (χ4v) is 5.28. The average molecular weight is 825 g/mol. The maximum atomic E-state index is 9.91. The number of rotatable bonds is 7. The van der Waals surface area contributed by atoms with Gasteiger partial charge in [-0.15, -0.1) is 0 Å². The molecule has 6 rings (SSSR count). The van der Waals surface area contributed by atoms with Crippen molar-refractivity contribution < 1.29 is 18.8 Å². The summed E-state index contributed by atoms with van der Waals surface area (Å²) in [6, 6.07) is 52.6. The van der Waals surface area contributed by atoms with E-state index in [2.05, 4.69) is 197 Å². The first kappa shape index (κ1) is 41.7. The Morgan fingerprint density at radius 1 is 0.346 bits per heavy atom. The summed E-state index contributed by atoms with van der Waals surface area (Å²) < 4.78 is 49.6. The van der Waals surface area contributed by atoms with E-state index in [1.807, 2.05) is 0 Å². The summed E-state index contributed by atoms with van der Waals surface area (Å²) in [6.07, 6.45) is 1.25. The molecule has 0 saturated carbocycles. The molecule has 9 heteroatoms. The van der Waals surface area contributed by atoms with E-state index in [-0.39, 0.29) is 4.70 Å². The molecule has 52 heavy (non-hydrogen) atoms. The van der Waals surface area contributed by atoms with E-state index >= 15 is 0 Å². The van der Waals surface area contributed by atoms with E-state index in [9.17, 15) is 14.1 Å². The van der Waals surface area contributed by atoms with Crippen LogP contribution in [0.1, 0.15) is 42.5 Å². The van der Waals surface area contributed by atoms with Gasteiger partial charge in [-0.3, -0.25) is 0 Å². The van der Waals surface area contributed by atoms with Gasteiger partial charge in [-0.2, -0.15) is 0 Å². The molecule has 0 aliphatic rings. The molecule has 0 atom stereocenters. The molecular formula is C43H44F6N2Sb-. The van der Waals surface area contributed by atoms with Crippen LogP contribution in [0.5, 0.6) is 0 Å². The number of benzene rings is 6. The molecular weight excluding hydrogens is 780 g/mol. The zero-order valence-electron chi connectivity index (χ0n) is 30.2. The van der Waals surface area contributed by atoms with Crippen LogP contribution in [0.25, 0.3) is 11.1 Å². The van der Waals surface area contributed by atoms with Crippen molar-refractivity contribution in [1.29, 1.82) is 0 Å². The maximum absolute atomic E-state index is 9.91. The average Bonchev–Trinajstić information content (AvgIpc) is 3.08. The van der Waals surface area contributed by atoms with Gasteiger partial charge in [0.1, 0.15) is 0 Å². The number of aryl methyl sites for hydroxylation is 4. The van der Waals surface area contributed by atoms with E-state index in [0.29, 0.717) is 0 Å². The second-order valence-corrected chi connectivity index (χ2v) is 16.1.